The van der Waals surface area contributed by atoms with E-state index in [1.54, 1.807) is 10.9 Å². The predicted octanol–water partition coefficient (Wildman–Crippen LogP) is 1.76. The molecule has 0 aliphatic heterocycles. The summed E-state index contributed by atoms with van der Waals surface area (Å²) in [5.74, 6) is 0.347. The molecule has 0 amide bonds. The van der Waals surface area contributed by atoms with Crippen LogP contribution in [0.25, 0.3) is 0 Å². The van der Waals surface area contributed by atoms with Crippen LogP contribution in [-0.4, -0.2) is 18.2 Å². The van der Waals surface area contributed by atoms with Crippen molar-refractivity contribution < 1.29 is 8.42 Å². The molecule has 0 radical (unpaired) electrons. The Balaban J connectivity index is 2.31. The first-order valence-electron chi connectivity index (χ1n) is 4.90. The predicted molar refractivity (Wildman–Crippen MR) is 58.3 cm³/mol. The minimum atomic E-state index is -3.49. The van der Waals surface area contributed by atoms with Gasteiger partial charge < -0.3 is 0 Å². The highest BCUT2D eigenvalue weighted by Crippen LogP contribution is 2.38. The lowest BCUT2D eigenvalue weighted by atomic mass is 9.81. The number of aryl methyl sites for hydroxylation is 1. The molecule has 0 atom stereocenters. The summed E-state index contributed by atoms with van der Waals surface area (Å²) in [5.41, 5.74) is 1.78. The van der Waals surface area contributed by atoms with Crippen molar-refractivity contribution in [2.75, 3.05) is 0 Å². The normalized spacial score (nSPS) is 17.7. The maximum Gasteiger partial charge on any atom is 0.236 e. The third-order valence-corrected chi connectivity index (χ3v) is 3.87. The van der Waals surface area contributed by atoms with Crippen molar-refractivity contribution in [2.45, 2.75) is 30.9 Å². The summed E-state index contributed by atoms with van der Waals surface area (Å²) in [7, 11) is 3.61. The Kier molecular flexibility index (Phi) is 2.77. The van der Waals surface area contributed by atoms with Crippen molar-refractivity contribution in [3.63, 3.8) is 0 Å². The lowest BCUT2D eigenvalue weighted by Gasteiger charge is -2.26. The maximum absolute atomic E-state index is 11.0. The molecule has 0 unspecified atom stereocenters. The Morgan fingerprint density at radius 2 is 2.27 bits per heavy atom. The van der Waals surface area contributed by atoms with E-state index in [0.717, 1.165) is 24.1 Å². The van der Waals surface area contributed by atoms with Crippen LogP contribution in [-0.2, 0) is 21.9 Å². The zero-order chi connectivity index (χ0) is 11.1. The smallest absolute Gasteiger partial charge is 0.236 e. The standard InChI is InChI=1S/C9H13ClN2O2S/c1-12-9(7-3-2-4-7)8(5-11-12)6-15(10,13)14/h5,7H,2-4,6H2,1H3. The van der Waals surface area contributed by atoms with Crippen molar-refractivity contribution >= 4 is 19.7 Å². The third kappa shape index (κ3) is 2.34. The summed E-state index contributed by atoms with van der Waals surface area (Å²) in [4.78, 5) is 0. The molecule has 15 heavy (non-hydrogen) atoms. The first-order chi connectivity index (χ1) is 6.97. The first-order valence-corrected chi connectivity index (χ1v) is 7.38. The van der Waals surface area contributed by atoms with Crippen LogP contribution < -0.4 is 0 Å². The quantitative estimate of drug-likeness (QED) is 0.766. The van der Waals surface area contributed by atoms with Crippen molar-refractivity contribution in [3.05, 3.63) is 17.5 Å². The van der Waals surface area contributed by atoms with Gasteiger partial charge in [-0.05, 0) is 12.8 Å². The highest BCUT2D eigenvalue weighted by atomic mass is 35.7. The van der Waals surface area contributed by atoms with Gasteiger partial charge in [-0.25, -0.2) is 8.42 Å². The van der Waals surface area contributed by atoms with Gasteiger partial charge in [-0.3, -0.25) is 4.68 Å². The molecule has 1 heterocycles. The second kappa shape index (κ2) is 3.79. The summed E-state index contributed by atoms with van der Waals surface area (Å²) in [6.45, 7) is 0. The molecule has 1 aromatic heterocycles. The molecule has 0 spiro atoms. The number of rotatable bonds is 3. The molecule has 1 saturated carbocycles. The van der Waals surface area contributed by atoms with Gasteiger partial charge in [0.1, 0.15) is 0 Å². The van der Waals surface area contributed by atoms with Gasteiger partial charge in [-0.1, -0.05) is 6.42 Å². The average molecular weight is 249 g/mol. The minimum Gasteiger partial charge on any atom is -0.272 e. The number of nitrogens with zero attached hydrogens (tertiary/aromatic N) is 2. The van der Waals surface area contributed by atoms with E-state index in [4.69, 9.17) is 10.7 Å². The number of hydrogen-bond acceptors (Lipinski definition) is 3. The number of aromatic nitrogens is 2. The zero-order valence-corrected chi connectivity index (χ0v) is 10.1. The van der Waals surface area contributed by atoms with Crippen molar-refractivity contribution in [1.82, 2.24) is 9.78 Å². The summed E-state index contributed by atoms with van der Waals surface area (Å²) >= 11 is 0. The van der Waals surface area contributed by atoms with Gasteiger partial charge in [0.25, 0.3) is 0 Å². The Morgan fingerprint density at radius 1 is 1.60 bits per heavy atom. The van der Waals surface area contributed by atoms with Gasteiger partial charge >= 0.3 is 0 Å². The topological polar surface area (TPSA) is 52.0 Å². The van der Waals surface area contributed by atoms with Gasteiger partial charge in [0.05, 0.1) is 11.9 Å². The van der Waals surface area contributed by atoms with Crippen LogP contribution in [0.15, 0.2) is 6.20 Å². The highest BCUT2D eigenvalue weighted by molar-refractivity contribution is 8.13. The maximum atomic E-state index is 11.0. The van der Waals surface area contributed by atoms with Crippen molar-refractivity contribution in [2.24, 2.45) is 7.05 Å². The van der Waals surface area contributed by atoms with Crippen LogP contribution in [0, 0.1) is 0 Å². The lowest BCUT2D eigenvalue weighted by molar-refractivity contribution is 0.395. The Bertz CT molecular complexity index is 462. The summed E-state index contributed by atoms with van der Waals surface area (Å²) in [6, 6.07) is 0. The van der Waals surface area contributed by atoms with Gasteiger partial charge in [-0.2, -0.15) is 5.10 Å². The number of hydrogen-bond donors (Lipinski definition) is 0. The fourth-order valence-electron chi connectivity index (χ4n) is 2.00. The van der Waals surface area contributed by atoms with E-state index in [-0.39, 0.29) is 5.75 Å². The van der Waals surface area contributed by atoms with E-state index in [2.05, 4.69) is 5.10 Å². The second-order valence-corrected chi connectivity index (χ2v) is 6.77. The third-order valence-electron chi connectivity index (χ3n) is 2.88. The molecule has 84 valence electrons. The Hall–Kier alpha value is -0.550. The molecule has 1 aliphatic carbocycles. The summed E-state index contributed by atoms with van der Waals surface area (Å²) < 4.78 is 23.8. The Labute approximate surface area is 93.7 Å². The molecule has 0 bridgehead atoms. The highest BCUT2D eigenvalue weighted by Gasteiger charge is 2.26. The van der Waals surface area contributed by atoms with Gasteiger partial charge in [0, 0.05) is 34.9 Å². The molecule has 6 heteroatoms. The molecule has 0 saturated heterocycles. The molecular formula is C9H13ClN2O2S. The van der Waals surface area contributed by atoms with E-state index in [1.807, 2.05) is 7.05 Å². The van der Waals surface area contributed by atoms with E-state index >= 15 is 0 Å². The number of halogens is 1. The Morgan fingerprint density at radius 3 is 2.73 bits per heavy atom. The zero-order valence-electron chi connectivity index (χ0n) is 8.48. The van der Waals surface area contributed by atoms with E-state index < -0.39 is 9.05 Å². The summed E-state index contributed by atoms with van der Waals surface area (Å²) in [5, 5.41) is 4.10. The van der Waals surface area contributed by atoms with E-state index in [9.17, 15) is 8.42 Å². The molecule has 0 N–H and O–H groups in total. The molecule has 4 nitrogen and oxygen atoms in total. The first kappa shape index (κ1) is 11.0. The fraction of sp³-hybridized carbons (Fsp3) is 0.667. The SMILES string of the molecule is Cn1ncc(CS(=O)(=O)Cl)c1C1CCC1. The summed E-state index contributed by atoms with van der Waals surface area (Å²) in [6.07, 6.45) is 5.06. The molecule has 1 aliphatic rings. The van der Waals surface area contributed by atoms with Gasteiger partial charge in [-0.15, -0.1) is 0 Å². The van der Waals surface area contributed by atoms with Crippen LogP contribution >= 0.6 is 10.7 Å². The van der Waals surface area contributed by atoms with E-state index in [0.29, 0.717) is 5.92 Å². The molecule has 0 aromatic carbocycles. The molecule has 1 fully saturated rings. The average Bonchev–Trinajstić information content (AvgIpc) is 2.29. The van der Waals surface area contributed by atoms with Gasteiger partial charge in [0.2, 0.25) is 9.05 Å². The minimum absolute atomic E-state index is 0.117. The second-order valence-electron chi connectivity index (χ2n) is 3.99. The molecular weight excluding hydrogens is 236 g/mol. The van der Waals surface area contributed by atoms with Crippen molar-refractivity contribution in [3.8, 4) is 0 Å². The fourth-order valence-corrected chi connectivity index (χ4v) is 2.94. The van der Waals surface area contributed by atoms with Crippen LogP contribution in [0.1, 0.15) is 36.4 Å². The van der Waals surface area contributed by atoms with Gasteiger partial charge in [0.15, 0.2) is 0 Å². The van der Waals surface area contributed by atoms with E-state index in [1.165, 1.54) is 6.42 Å². The van der Waals surface area contributed by atoms with Crippen molar-refractivity contribution in [1.29, 1.82) is 0 Å². The van der Waals surface area contributed by atoms with Crippen LogP contribution in [0.2, 0.25) is 0 Å². The monoisotopic (exact) mass is 248 g/mol. The van der Waals surface area contributed by atoms with Crippen LogP contribution in [0.5, 0.6) is 0 Å². The van der Waals surface area contributed by atoms with Crippen LogP contribution in [0.4, 0.5) is 0 Å². The van der Waals surface area contributed by atoms with Crippen LogP contribution in [0.3, 0.4) is 0 Å². The molecule has 1 aromatic rings. The molecule has 2 rings (SSSR count). The lowest BCUT2D eigenvalue weighted by Crippen LogP contribution is -2.15. The largest absolute Gasteiger partial charge is 0.272 e.